The smallest absolute Gasteiger partial charge is 0.193 e. The zero-order valence-corrected chi connectivity index (χ0v) is 7.70. The van der Waals surface area contributed by atoms with Crippen LogP contribution in [0.15, 0.2) is 25.0 Å². The summed E-state index contributed by atoms with van der Waals surface area (Å²) < 4.78 is 4.80. The number of ether oxygens (including phenoxy) is 1. The number of hydrogen-bond acceptors (Lipinski definition) is 2. The second-order valence-corrected chi connectivity index (χ2v) is 2.68. The lowest BCUT2D eigenvalue weighted by Gasteiger charge is -2.01. The average molecular weight is 170 g/mol. The largest absolute Gasteiger partial charge is 0.473 e. The molecular formula is C10H18O2. The van der Waals surface area contributed by atoms with Crippen LogP contribution in [0, 0.1) is 0 Å². The normalized spacial score (nSPS) is 13.2. The first-order valence-corrected chi connectivity index (χ1v) is 4.37. The van der Waals surface area contributed by atoms with Gasteiger partial charge >= 0.3 is 0 Å². The fourth-order valence-corrected chi connectivity index (χ4v) is 0.788. The Balaban J connectivity index is 3.07. The summed E-state index contributed by atoms with van der Waals surface area (Å²) in [5.41, 5.74) is 0. The second kappa shape index (κ2) is 8.34. The minimum Gasteiger partial charge on any atom is -0.473 e. The van der Waals surface area contributed by atoms with Crippen molar-refractivity contribution >= 4 is 0 Å². The number of hydrogen-bond donors (Lipinski definition) is 1. The van der Waals surface area contributed by atoms with E-state index in [4.69, 9.17) is 9.84 Å². The van der Waals surface area contributed by atoms with Gasteiger partial charge in [-0.2, -0.15) is 0 Å². The van der Waals surface area contributed by atoms with E-state index < -0.39 is 6.29 Å². The maximum atomic E-state index is 8.71. The van der Waals surface area contributed by atoms with Crippen molar-refractivity contribution < 1.29 is 9.84 Å². The van der Waals surface area contributed by atoms with Crippen molar-refractivity contribution in [3.63, 3.8) is 0 Å². The summed E-state index contributed by atoms with van der Waals surface area (Å²) >= 11 is 0. The topological polar surface area (TPSA) is 29.5 Å². The number of aliphatic hydroxyl groups is 1. The number of unbranched alkanes of at least 4 members (excludes halogenated alkanes) is 3. The van der Waals surface area contributed by atoms with Gasteiger partial charge in [-0.1, -0.05) is 6.08 Å². The van der Waals surface area contributed by atoms with Crippen LogP contribution in [0.2, 0.25) is 0 Å². The monoisotopic (exact) mass is 170 g/mol. The standard InChI is InChI=1S/C10H18O2/c1-3-4-5-6-7-8-9-12-10(2)11/h3,8-11H,1,4-7H2,2H3. The molecule has 0 saturated carbocycles. The van der Waals surface area contributed by atoms with E-state index in [0.717, 1.165) is 19.3 Å². The van der Waals surface area contributed by atoms with E-state index in [1.54, 1.807) is 13.2 Å². The Morgan fingerprint density at radius 1 is 1.42 bits per heavy atom. The highest BCUT2D eigenvalue weighted by molar-refractivity contribution is 4.74. The third-order valence-corrected chi connectivity index (χ3v) is 1.40. The maximum absolute atomic E-state index is 8.71. The molecule has 12 heavy (non-hydrogen) atoms. The lowest BCUT2D eigenvalue weighted by atomic mass is 10.2. The first-order chi connectivity index (χ1) is 5.77. The van der Waals surface area contributed by atoms with Gasteiger partial charge in [-0.15, -0.1) is 6.58 Å². The molecule has 70 valence electrons. The summed E-state index contributed by atoms with van der Waals surface area (Å²) in [6.07, 6.45) is 9.10. The molecule has 1 N–H and O–H groups in total. The maximum Gasteiger partial charge on any atom is 0.193 e. The Morgan fingerprint density at radius 3 is 2.67 bits per heavy atom. The van der Waals surface area contributed by atoms with E-state index in [1.807, 2.05) is 12.2 Å². The SMILES string of the molecule is C=CCCCCC=COC(C)O. The zero-order chi connectivity index (χ0) is 9.23. The van der Waals surface area contributed by atoms with Crippen LogP contribution in [0.5, 0.6) is 0 Å². The molecule has 0 saturated heterocycles. The Morgan fingerprint density at radius 2 is 2.08 bits per heavy atom. The summed E-state index contributed by atoms with van der Waals surface area (Å²) in [5, 5.41) is 8.71. The van der Waals surface area contributed by atoms with Crippen LogP contribution in [0.1, 0.15) is 32.6 Å². The lowest BCUT2D eigenvalue weighted by molar-refractivity contribution is -0.0352. The molecule has 0 aromatic heterocycles. The quantitative estimate of drug-likeness (QED) is 0.275. The van der Waals surface area contributed by atoms with Crippen molar-refractivity contribution in [2.75, 3.05) is 0 Å². The van der Waals surface area contributed by atoms with Crippen molar-refractivity contribution in [1.82, 2.24) is 0 Å². The van der Waals surface area contributed by atoms with Crippen LogP contribution >= 0.6 is 0 Å². The van der Waals surface area contributed by atoms with E-state index >= 15 is 0 Å². The van der Waals surface area contributed by atoms with Crippen molar-refractivity contribution in [3.8, 4) is 0 Å². The van der Waals surface area contributed by atoms with Crippen LogP contribution in [0.25, 0.3) is 0 Å². The molecule has 0 rings (SSSR count). The minimum absolute atomic E-state index is 0.700. The molecule has 0 fully saturated rings. The molecule has 0 bridgehead atoms. The van der Waals surface area contributed by atoms with Gasteiger partial charge in [0, 0.05) is 0 Å². The molecule has 0 aliphatic heterocycles. The van der Waals surface area contributed by atoms with Gasteiger partial charge < -0.3 is 9.84 Å². The van der Waals surface area contributed by atoms with Gasteiger partial charge in [0.05, 0.1) is 6.26 Å². The van der Waals surface area contributed by atoms with Crippen LogP contribution in [0.3, 0.4) is 0 Å². The summed E-state index contributed by atoms with van der Waals surface area (Å²) in [4.78, 5) is 0. The highest BCUT2D eigenvalue weighted by atomic mass is 16.6. The van der Waals surface area contributed by atoms with Gasteiger partial charge in [-0.25, -0.2) is 0 Å². The lowest BCUT2D eigenvalue weighted by Crippen LogP contribution is -1.99. The van der Waals surface area contributed by atoms with Gasteiger partial charge in [0.1, 0.15) is 0 Å². The Hall–Kier alpha value is -0.760. The molecule has 1 atom stereocenters. The summed E-state index contributed by atoms with van der Waals surface area (Å²) in [6.45, 7) is 5.23. The van der Waals surface area contributed by atoms with E-state index in [1.165, 1.54) is 6.42 Å². The molecular weight excluding hydrogens is 152 g/mol. The van der Waals surface area contributed by atoms with Crippen LogP contribution in [-0.4, -0.2) is 11.4 Å². The van der Waals surface area contributed by atoms with Crippen molar-refractivity contribution in [2.24, 2.45) is 0 Å². The van der Waals surface area contributed by atoms with E-state index in [9.17, 15) is 0 Å². The highest BCUT2D eigenvalue weighted by Gasteiger charge is 1.87. The molecule has 1 unspecified atom stereocenters. The predicted octanol–water partition coefficient (Wildman–Crippen LogP) is 2.60. The van der Waals surface area contributed by atoms with Crippen molar-refractivity contribution in [2.45, 2.75) is 38.9 Å². The highest BCUT2D eigenvalue weighted by Crippen LogP contribution is 2.01. The Kier molecular flexibility index (Phi) is 7.81. The van der Waals surface area contributed by atoms with Gasteiger partial charge in [-0.05, 0) is 38.7 Å². The van der Waals surface area contributed by atoms with Gasteiger partial charge in [0.15, 0.2) is 6.29 Å². The summed E-state index contributed by atoms with van der Waals surface area (Å²) in [5.74, 6) is 0. The molecule has 0 aromatic carbocycles. The predicted molar refractivity (Wildman–Crippen MR) is 50.6 cm³/mol. The van der Waals surface area contributed by atoms with Crippen LogP contribution in [-0.2, 0) is 4.74 Å². The summed E-state index contributed by atoms with van der Waals surface area (Å²) in [7, 11) is 0. The number of aliphatic hydroxyl groups excluding tert-OH is 1. The van der Waals surface area contributed by atoms with Crippen LogP contribution < -0.4 is 0 Å². The van der Waals surface area contributed by atoms with Gasteiger partial charge in [-0.3, -0.25) is 0 Å². The first kappa shape index (κ1) is 11.2. The van der Waals surface area contributed by atoms with E-state index in [2.05, 4.69) is 6.58 Å². The molecule has 0 spiro atoms. The Bertz CT molecular complexity index is 128. The average Bonchev–Trinajstić information content (AvgIpc) is 2.02. The fraction of sp³-hybridized carbons (Fsp3) is 0.600. The molecule has 0 heterocycles. The Labute approximate surface area is 74.6 Å². The number of rotatable bonds is 7. The van der Waals surface area contributed by atoms with Gasteiger partial charge in [0.2, 0.25) is 0 Å². The van der Waals surface area contributed by atoms with E-state index in [0.29, 0.717) is 0 Å². The first-order valence-electron chi connectivity index (χ1n) is 4.37. The van der Waals surface area contributed by atoms with Crippen LogP contribution in [0.4, 0.5) is 0 Å². The molecule has 0 aliphatic carbocycles. The van der Waals surface area contributed by atoms with Crippen molar-refractivity contribution in [1.29, 1.82) is 0 Å². The molecule has 2 nitrogen and oxygen atoms in total. The van der Waals surface area contributed by atoms with E-state index in [-0.39, 0.29) is 0 Å². The fourth-order valence-electron chi connectivity index (χ4n) is 0.788. The molecule has 0 amide bonds. The third kappa shape index (κ3) is 9.24. The molecule has 0 radical (unpaired) electrons. The zero-order valence-electron chi connectivity index (χ0n) is 7.70. The third-order valence-electron chi connectivity index (χ3n) is 1.40. The second-order valence-electron chi connectivity index (χ2n) is 2.68. The summed E-state index contributed by atoms with van der Waals surface area (Å²) in [6, 6.07) is 0. The minimum atomic E-state index is -0.700. The molecule has 2 heteroatoms. The number of allylic oxidation sites excluding steroid dienone is 2. The molecule has 0 aromatic rings. The van der Waals surface area contributed by atoms with Crippen molar-refractivity contribution in [3.05, 3.63) is 25.0 Å². The van der Waals surface area contributed by atoms with Gasteiger partial charge in [0.25, 0.3) is 0 Å². The molecule has 0 aliphatic rings.